The smallest absolute Gasteiger partial charge is 0.144 e. The largest absolute Gasteiger partial charge is 0.409 e. The molecular weight excluding hydrogens is 269 g/mol. The highest BCUT2D eigenvalue weighted by atomic mass is 19.1. The summed E-state index contributed by atoms with van der Waals surface area (Å²) in [6, 6.07) is 6.76. The number of benzene rings is 1. The first-order chi connectivity index (χ1) is 9.86. The topological polar surface area (TPSA) is 70.6 Å². The summed E-state index contributed by atoms with van der Waals surface area (Å²) in [5, 5.41) is 15.2. The van der Waals surface area contributed by atoms with Gasteiger partial charge in [0.25, 0.3) is 0 Å². The van der Waals surface area contributed by atoms with Gasteiger partial charge in [-0.15, -0.1) is 0 Å². The number of unbranched alkanes of at least 4 members (excludes halogenated alkanes) is 1. The first-order valence-corrected chi connectivity index (χ1v) is 7.33. The van der Waals surface area contributed by atoms with Crippen LogP contribution in [0.4, 0.5) is 4.39 Å². The summed E-state index contributed by atoms with van der Waals surface area (Å²) in [5.74, 6) is 0.0615. The second-order valence-corrected chi connectivity index (χ2v) is 6.05. The van der Waals surface area contributed by atoms with E-state index in [4.69, 9.17) is 10.9 Å². The highest BCUT2D eigenvalue weighted by Crippen LogP contribution is 2.23. The van der Waals surface area contributed by atoms with Crippen LogP contribution in [0.2, 0.25) is 0 Å². The Morgan fingerprint density at radius 3 is 2.52 bits per heavy atom. The minimum absolute atomic E-state index is 0.197. The molecule has 1 aromatic rings. The number of nitrogens with one attached hydrogen (secondary N) is 1. The predicted molar refractivity (Wildman–Crippen MR) is 83.9 cm³/mol. The quantitative estimate of drug-likeness (QED) is 0.226. The summed E-state index contributed by atoms with van der Waals surface area (Å²) >= 11 is 0. The van der Waals surface area contributed by atoms with Crippen LogP contribution in [0, 0.1) is 11.2 Å². The molecule has 0 radical (unpaired) electrons. The van der Waals surface area contributed by atoms with Gasteiger partial charge in [-0.3, -0.25) is 0 Å². The van der Waals surface area contributed by atoms with Crippen LogP contribution in [0.25, 0.3) is 0 Å². The number of hydrogen-bond donors (Lipinski definition) is 3. The Balaban J connectivity index is 2.27. The van der Waals surface area contributed by atoms with Gasteiger partial charge < -0.3 is 16.3 Å². The maximum absolute atomic E-state index is 12.9. The van der Waals surface area contributed by atoms with E-state index in [1.54, 1.807) is 12.1 Å². The van der Waals surface area contributed by atoms with Crippen molar-refractivity contribution in [3.05, 3.63) is 35.6 Å². The minimum atomic E-state index is -0.280. The van der Waals surface area contributed by atoms with Crippen molar-refractivity contribution in [1.82, 2.24) is 5.32 Å². The molecule has 0 spiro atoms. The van der Waals surface area contributed by atoms with Crippen molar-refractivity contribution in [2.75, 3.05) is 6.54 Å². The molecule has 1 atom stereocenters. The molecule has 1 rings (SSSR count). The average Bonchev–Trinajstić information content (AvgIpc) is 2.46. The molecule has 1 aromatic carbocycles. The highest BCUT2D eigenvalue weighted by Gasteiger charge is 2.22. The molecule has 0 unspecified atom stereocenters. The number of nitrogens with zero attached hydrogens (tertiary/aromatic N) is 1. The summed E-state index contributed by atoms with van der Waals surface area (Å²) in [6.07, 6.45) is 2.87. The van der Waals surface area contributed by atoms with Crippen molar-refractivity contribution in [2.24, 2.45) is 16.3 Å². The zero-order valence-corrected chi connectivity index (χ0v) is 13.1. The third-order valence-corrected chi connectivity index (χ3v) is 3.85. The molecule has 0 amide bonds. The Kier molecular flexibility index (Phi) is 6.62. The Morgan fingerprint density at radius 2 is 1.95 bits per heavy atom. The van der Waals surface area contributed by atoms with E-state index in [2.05, 4.69) is 17.4 Å². The number of nitrogens with two attached hydrogens (primary N) is 1. The van der Waals surface area contributed by atoms with Crippen molar-refractivity contribution in [1.29, 1.82) is 0 Å². The molecule has 4 nitrogen and oxygen atoms in total. The molecule has 0 aromatic heterocycles. The van der Waals surface area contributed by atoms with Gasteiger partial charge >= 0.3 is 0 Å². The van der Waals surface area contributed by atoms with Gasteiger partial charge in [-0.25, -0.2) is 4.39 Å². The zero-order chi connectivity index (χ0) is 15.9. The van der Waals surface area contributed by atoms with Crippen molar-refractivity contribution < 1.29 is 9.60 Å². The van der Waals surface area contributed by atoms with Gasteiger partial charge in [-0.2, -0.15) is 0 Å². The molecule has 5 heteroatoms. The third-order valence-electron chi connectivity index (χ3n) is 3.85. The summed E-state index contributed by atoms with van der Waals surface area (Å²) in [4.78, 5) is 0. The van der Waals surface area contributed by atoms with Crippen LogP contribution in [0.1, 0.15) is 51.6 Å². The van der Waals surface area contributed by atoms with E-state index in [1.807, 2.05) is 13.8 Å². The van der Waals surface area contributed by atoms with Gasteiger partial charge in [0.15, 0.2) is 0 Å². The normalized spacial score (nSPS) is 14.2. The Morgan fingerprint density at radius 1 is 1.33 bits per heavy atom. The fourth-order valence-corrected chi connectivity index (χ4v) is 2.14. The van der Waals surface area contributed by atoms with Crippen LogP contribution in [0.3, 0.4) is 0 Å². The summed E-state index contributed by atoms with van der Waals surface area (Å²) in [7, 11) is 0. The van der Waals surface area contributed by atoms with Crippen molar-refractivity contribution in [3.8, 4) is 0 Å². The molecule has 21 heavy (non-hydrogen) atoms. The second kappa shape index (κ2) is 7.98. The molecule has 0 aliphatic heterocycles. The van der Waals surface area contributed by atoms with Crippen molar-refractivity contribution >= 4 is 5.84 Å². The lowest BCUT2D eigenvalue weighted by Gasteiger charge is -2.22. The standard InChI is InChI=1S/C16H26FN3O/c1-12(13-6-8-14(17)9-7-13)19-11-5-4-10-16(2,3)15(18)20-21/h6-9,12,19,21H,4-5,10-11H2,1-3H3,(H2,18,20)/t12-/m0/s1. The van der Waals surface area contributed by atoms with Crippen LogP contribution >= 0.6 is 0 Å². The Bertz CT molecular complexity index is 457. The van der Waals surface area contributed by atoms with Crippen LogP contribution in [0.15, 0.2) is 29.4 Å². The van der Waals surface area contributed by atoms with Crippen LogP contribution in [-0.4, -0.2) is 17.6 Å². The lowest BCUT2D eigenvalue weighted by atomic mass is 9.86. The molecule has 0 saturated heterocycles. The molecule has 4 N–H and O–H groups in total. The molecule has 0 aliphatic rings. The number of hydrogen-bond acceptors (Lipinski definition) is 3. The van der Waals surface area contributed by atoms with Crippen LogP contribution < -0.4 is 11.1 Å². The molecule has 0 aliphatic carbocycles. The fraction of sp³-hybridized carbons (Fsp3) is 0.562. The first-order valence-electron chi connectivity index (χ1n) is 7.33. The number of halogens is 1. The second-order valence-electron chi connectivity index (χ2n) is 6.05. The molecule has 118 valence electrons. The summed E-state index contributed by atoms with van der Waals surface area (Å²) in [6.45, 7) is 6.88. The van der Waals surface area contributed by atoms with Crippen molar-refractivity contribution in [3.63, 3.8) is 0 Å². The monoisotopic (exact) mass is 295 g/mol. The predicted octanol–water partition coefficient (Wildman–Crippen LogP) is 3.42. The van der Waals surface area contributed by atoms with E-state index in [1.165, 1.54) is 12.1 Å². The zero-order valence-electron chi connectivity index (χ0n) is 13.1. The molecule has 0 bridgehead atoms. The Labute approximate surface area is 126 Å². The SMILES string of the molecule is C[C@H](NCCCCC(C)(C)/C(N)=N/O)c1ccc(F)cc1. The van der Waals surface area contributed by atoms with Crippen LogP contribution in [0.5, 0.6) is 0 Å². The third kappa shape index (κ3) is 5.71. The molecule has 0 saturated carbocycles. The number of amidine groups is 1. The maximum Gasteiger partial charge on any atom is 0.144 e. The summed E-state index contributed by atoms with van der Waals surface area (Å²) in [5.41, 5.74) is 6.45. The fourth-order valence-electron chi connectivity index (χ4n) is 2.14. The average molecular weight is 295 g/mol. The molecule has 0 heterocycles. The van der Waals surface area contributed by atoms with Gasteiger partial charge in [0.2, 0.25) is 0 Å². The molecule has 0 fully saturated rings. The van der Waals surface area contributed by atoms with E-state index in [0.29, 0.717) is 0 Å². The maximum atomic E-state index is 12.9. The summed E-state index contributed by atoms with van der Waals surface area (Å²) < 4.78 is 12.9. The minimum Gasteiger partial charge on any atom is -0.409 e. The van der Waals surface area contributed by atoms with Crippen molar-refractivity contribution in [2.45, 2.75) is 46.1 Å². The van der Waals surface area contributed by atoms with E-state index in [-0.39, 0.29) is 23.1 Å². The van der Waals surface area contributed by atoms with Gasteiger partial charge in [-0.1, -0.05) is 37.6 Å². The van der Waals surface area contributed by atoms with E-state index in [0.717, 1.165) is 31.4 Å². The number of oxime groups is 1. The van der Waals surface area contributed by atoms with Gasteiger partial charge in [0.05, 0.1) is 0 Å². The molecular formula is C16H26FN3O. The Hall–Kier alpha value is -1.62. The lowest BCUT2D eigenvalue weighted by Crippen LogP contribution is -2.32. The van der Waals surface area contributed by atoms with Gasteiger partial charge in [0, 0.05) is 11.5 Å². The van der Waals surface area contributed by atoms with E-state index < -0.39 is 0 Å². The van der Waals surface area contributed by atoms with Gasteiger partial charge in [-0.05, 0) is 44.0 Å². The van der Waals surface area contributed by atoms with E-state index in [9.17, 15) is 4.39 Å². The first kappa shape index (κ1) is 17.4. The van der Waals surface area contributed by atoms with E-state index >= 15 is 0 Å². The van der Waals surface area contributed by atoms with Crippen LogP contribution in [-0.2, 0) is 0 Å². The highest BCUT2D eigenvalue weighted by molar-refractivity contribution is 5.85. The lowest BCUT2D eigenvalue weighted by molar-refractivity contribution is 0.304. The number of rotatable bonds is 8. The van der Waals surface area contributed by atoms with Gasteiger partial charge in [0.1, 0.15) is 11.7 Å².